The Kier molecular flexibility index (Phi) is 3.71. The molecule has 3 N–H and O–H groups in total. The summed E-state index contributed by atoms with van der Waals surface area (Å²) in [6.07, 6.45) is 0. The standard InChI is InChI=1S/C12H14F3NO2/c1-5(2)12(16,11(17)18)8-7(13)4-6(3)9(14)10(8)15/h4-5H,16H2,1-3H3,(H,17,18). The number of carbonyl (C=O) groups is 1. The van der Waals surface area contributed by atoms with Gasteiger partial charge in [0.2, 0.25) is 0 Å². The van der Waals surface area contributed by atoms with Crippen LogP contribution in [0.5, 0.6) is 0 Å². The molecule has 0 saturated carbocycles. The van der Waals surface area contributed by atoms with Crippen LogP contribution >= 0.6 is 0 Å². The minimum atomic E-state index is -2.32. The Bertz CT molecular complexity index is 503. The fourth-order valence-electron chi connectivity index (χ4n) is 1.74. The summed E-state index contributed by atoms with van der Waals surface area (Å²) < 4.78 is 41.0. The van der Waals surface area contributed by atoms with Gasteiger partial charge in [-0.05, 0) is 24.5 Å². The van der Waals surface area contributed by atoms with Crippen LogP contribution in [0.1, 0.15) is 25.0 Å². The summed E-state index contributed by atoms with van der Waals surface area (Å²) in [5, 5.41) is 9.08. The van der Waals surface area contributed by atoms with Gasteiger partial charge < -0.3 is 10.8 Å². The molecule has 1 unspecified atom stereocenters. The molecule has 3 nitrogen and oxygen atoms in total. The van der Waals surface area contributed by atoms with E-state index >= 15 is 0 Å². The van der Waals surface area contributed by atoms with Crippen molar-refractivity contribution in [2.24, 2.45) is 11.7 Å². The molecule has 0 bridgehead atoms. The Labute approximate surface area is 102 Å². The highest BCUT2D eigenvalue weighted by molar-refractivity contribution is 5.81. The monoisotopic (exact) mass is 261 g/mol. The number of hydrogen-bond donors (Lipinski definition) is 2. The van der Waals surface area contributed by atoms with Crippen molar-refractivity contribution in [1.29, 1.82) is 0 Å². The highest BCUT2D eigenvalue weighted by atomic mass is 19.2. The average Bonchev–Trinajstić information content (AvgIpc) is 2.25. The normalized spacial score (nSPS) is 14.7. The maximum atomic E-state index is 13.8. The highest BCUT2D eigenvalue weighted by Crippen LogP contribution is 2.33. The maximum Gasteiger partial charge on any atom is 0.328 e. The molecular formula is C12H14F3NO2. The van der Waals surface area contributed by atoms with Crippen molar-refractivity contribution >= 4 is 5.97 Å². The third kappa shape index (κ3) is 1.96. The zero-order chi connectivity index (χ0) is 14.2. The Balaban J connectivity index is 3.68. The molecule has 1 aromatic carbocycles. The number of carboxylic acids is 1. The SMILES string of the molecule is Cc1cc(F)c(C(N)(C(=O)O)C(C)C)c(F)c1F. The number of rotatable bonds is 3. The lowest BCUT2D eigenvalue weighted by molar-refractivity contribution is -0.146. The zero-order valence-corrected chi connectivity index (χ0v) is 10.2. The first-order valence-corrected chi connectivity index (χ1v) is 5.30. The molecule has 0 aliphatic heterocycles. The quantitative estimate of drug-likeness (QED) is 0.821. The number of hydrogen-bond acceptors (Lipinski definition) is 2. The van der Waals surface area contributed by atoms with Crippen molar-refractivity contribution in [3.63, 3.8) is 0 Å². The van der Waals surface area contributed by atoms with E-state index in [4.69, 9.17) is 10.8 Å². The van der Waals surface area contributed by atoms with Gasteiger partial charge >= 0.3 is 5.97 Å². The van der Waals surface area contributed by atoms with Crippen LogP contribution in [-0.4, -0.2) is 11.1 Å². The number of nitrogens with two attached hydrogens (primary N) is 1. The van der Waals surface area contributed by atoms with Gasteiger partial charge in [-0.1, -0.05) is 13.8 Å². The predicted octanol–water partition coefficient (Wildman–Crippen LogP) is 2.31. The molecule has 1 aromatic rings. The second-order valence-corrected chi connectivity index (χ2v) is 4.51. The molecule has 0 radical (unpaired) electrons. The van der Waals surface area contributed by atoms with Crippen LogP contribution < -0.4 is 5.73 Å². The Morgan fingerprint density at radius 2 is 1.83 bits per heavy atom. The van der Waals surface area contributed by atoms with Crippen LogP contribution in [0.3, 0.4) is 0 Å². The maximum absolute atomic E-state index is 13.8. The van der Waals surface area contributed by atoms with Gasteiger partial charge in [-0.3, -0.25) is 0 Å². The molecule has 0 amide bonds. The van der Waals surface area contributed by atoms with Gasteiger partial charge in [-0.15, -0.1) is 0 Å². The molecule has 1 atom stereocenters. The van der Waals surface area contributed by atoms with E-state index in [1.807, 2.05) is 0 Å². The molecule has 1 rings (SSSR count). The fraction of sp³-hybridized carbons (Fsp3) is 0.417. The van der Waals surface area contributed by atoms with Crippen LogP contribution in [0, 0.1) is 30.3 Å². The van der Waals surface area contributed by atoms with Crippen LogP contribution in [0.15, 0.2) is 6.07 Å². The van der Waals surface area contributed by atoms with Gasteiger partial charge in [-0.2, -0.15) is 0 Å². The third-order valence-corrected chi connectivity index (χ3v) is 3.02. The minimum Gasteiger partial charge on any atom is -0.480 e. The van der Waals surface area contributed by atoms with Gasteiger partial charge in [-0.25, -0.2) is 18.0 Å². The number of halogens is 3. The third-order valence-electron chi connectivity index (χ3n) is 3.02. The minimum absolute atomic E-state index is 0.245. The van der Waals surface area contributed by atoms with E-state index in [0.717, 1.165) is 6.07 Å². The first-order chi connectivity index (χ1) is 8.13. The molecule has 0 heterocycles. The second kappa shape index (κ2) is 4.61. The van der Waals surface area contributed by atoms with Crippen molar-refractivity contribution in [2.75, 3.05) is 0 Å². The molecule has 0 fully saturated rings. The smallest absolute Gasteiger partial charge is 0.328 e. The summed E-state index contributed by atoms with van der Waals surface area (Å²) in [5.74, 6) is -6.43. The molecule has 0 spiro atoms. The van der Waals surface area contributed by atoms with Gasteiger partial charge in [0.15, 0.2) is 11.6 Å². The van der Waals surface area contributed by atoms with Gasteiger partial charge in [0, 0.05) is 0 Å². The Hall–Kier alpha value is -1.56. The molecule has 6 heteroatoms. The molecule has 0 aliphatic rings. The van der Waals surface area contributed by atoms with Gasteiger partial charge in [0.05, 0.1) is 5.56 Å². The first-order valence-electron chi connectivity index (χ1n) is 5.30. The van der Waals surface area contributed by atoms with Crippen LogP contribution in [-0.2, 0) is 10.3 Å². The number of aliphatic carboxylic acids is 1. The topological polar surface area (TPSA) is 63.3 Å². The summed E-state index contributed by atoms with van der Waals surface area (Å²) in [5.41, 5.74) is 2.07. The first kappa shape index (κ1) is 14.5. The van der Waals surface area contributed by atoms with Crippen LogP contribution in [0.4, 0.5) is 13.2 Å². The summed E-state index contributed by atoms with van der Waals surface area (Å²) in [4.78, 5) is 11.2. The van der Waals surface area contributed by atoms with Crippen molar-refractivity contribution in [2.45, 2.75) is 26.3 Å². The van der Waals surface area contributed by atoms with E-state index in [1.165, 1.54) is 20.8 Å². The molecule has 0 saturated heterocycles. The predicted molar refractivity (Wildman–Crippen MR) is 59.4 cm³/mol. The van der Waals surface area contributed by atoms with Crippen molar-refractivity contribution in [3.8, 4) is 0 Å². The Morgan fingerprint density at radius 3 is 2.22 bits per heavy atom. The molecule has 100 valence electrons. The molecule has 18 heavy (non-hydrogen) atoms. The number of carboxylic acid groups (broad SMARTS) is 1. The van der Waals surface area contributed by atoms with Crippen molar-refractivity contribution in [3.05, 3.63) is 34.6 Å². The van der Waals surface area contributed by atoms with Crippen molar-refractivity contribution in [1.82, 2.24) is 0 Å². The van der Waals surface area contributed by atoms with Gasteiger partial charge in [0.1, 0.15) is 11.4 Å². The van der Waals surface area contributed by atoms with Gasteiger partial charge in [0.25, 0.3) is 0 Å². The summed E-state index contributed by atoms with van der Waals surface area (Å²) >= 11 is 0. The largest absolute Gasteiger partial charge is 0.480 e. The fourth-order valence-corrected chi connectivity index (χ4v) is 1.74. The van der Waals surface area contributed by atoms with Crippen LogP contribution in [0.2, 0.25) is 0 Å². The summed E-state index contributed by atoms with van der Waals surface area (Å²) in [7, 11) is 0. The second-order valence-electron chi connectivity index (χ2n) is 4.51. The van der Waals surface area contributed by atoms with E-state index < -0.39 is 40.4 Å². The van der Waals surface area contributed by atoms with E-state index in [0.29, 0.717) is 0 Å². The van der Waals surface area contributed by atoms with E-state index in [2.05, 4.69) is 0 Å². The van der Waals surface area contributed by atoms with Crippen molar-refractivity contribution < 1.29 is 23.1 Å². The van der Waals surface area contributed by atoms with E-state index in [1.54, 1.807) is 0 Å². The lowest BCUT2D eigenvalue weighted by atomic mass is 9.80. The number of aryl methyl sites for hydroxylation is 1. The number of benzene rings is 1. The summed E-state index contributed by atoms with van der Waals surface area (Å²) in [6.45, 7) is 3.97. The van der Waals surface area contributed by atoms with Crippen LogP contribution in [0.25, 0.3) is 0 Å². The zero-order valence-electron chi connectivity index (χ0n) is 10.2. The van der Waals surface area contributed by atoms with E-state index in [9.17, 15) is 18.0 Å². The molecule has 0 aliphatic carbocycles. The lowest BCUT2D eigenvalue weighted by Crippen LogP contribution is -2.50. The lowest BCUT2D eigenvalue weighted by Gasteiger charge is -2.30. The molecule has 0 aromatic heterocycles. The van der Waals surface area contributed by atoms with E-state index in [-0.39, 0.29) is 5.56 Å². The highest BCUT2D eigenvalue weighted by Gasteiger charge is 2.44. The molecular weight excluding hydrogens is 247 g/mol. The summed E-state index contributed by atoms with van der Waals surface area (Å²) in [6, 6.07) is 0.737. The average molecular weight is 261 g/mol. The Morgan fingerprint density at radius 1 is 1.33 bits per heavy atom.